The van der Waals surface area contributed by atoms with Crippen LogP contribution < -0.4 is 5.32 Å². The Morgan fingerprint density at radius 1 is 1.26 bits per heavy atom. The molecule has 3 nitrogen and oxygen atoms in total. The number of nitrogens with one attached hydrogen (secondary N) is 1. The monoisotopic (exact) mass is 297 g/mol. The standard InChI is InChI=1S/C11H11F4NO2S/c12-9-4-2-1-3-8(9)5-19(18)6-10(17)16-7-11(13,14)15/h1-4H,5-7H2,(H,16,17). The van der Waals surface area contributed by atoms with Crippen LogP contribution in [0.5, 0.6) is 0 Å². The SMILES string of the molecule is O=C(CS(=O)Cc1ccccc1F)NCC(F)(F)F. The third-order valence-corrected chi connectivity index (χ3v) is 3.27. The van der Waals surface area contributed by atoms with E-state index in [2.05, 4.69) is 0 Å². The van der Waals surface area contributed by atoms with Crippen LogP contribution >= 0.6 is 0 Å². The minimum absolute atomic E-state index is 0.157. The lowest BCUT2D eigenvalue weighted by Gasteiger charge is -2.08. The number of halogens is 4. The first kappa shape index (κ1) is 15.6. The van der Waals surface area contributed by atoms with Crippen molar-refractivity contribution in [3.8, 4) is 0 Å². The highest BCUT2D eigenvalue weighted by atomic mass is 32.2. The van der Waals surface area contributed by atoms with E-state index in [0.717, 1.165) is 0 Å². The molecule has 0 aromatic heterocycles. The minimum atomic E-state index is -4.51. The molecule has 1 atom stereocenters. The molecule has 0 aliphatic carbocycles. The van der Waals surface area contributed by atoms with Crippen molar-refractivity contribution in [3.05, 3.63) is 35.6 Å². The molecule has 106 valence electrons. The molecule has 0 aliphatic heterocycles. The molecule has 0 bridgehead atoms. The van der Waals surface area contributed by atoms with E-state index in [0.29, 0.717) is 0 Å². The normalized spacial score (nSPS) is 13.1. The van der Waals surface area contributed by atoms with Gasteiger partial charge < -0.3 is 5.32 Å². The summed E-state index contributed by atoms with van der Waals surface area (Å²) < 4.78 is 60.1. The fourth-order valence-corrected chi connectivity index (χ4v) is 2.31. The second kappa shape index (κ2) is 6.65. The molecule has 0 spiro atoms. The van der Waals surface area contributed by atoms with Gasteiger partial charge in [0.1, 0.15) is 18.1 Å². The van der Waals surface area contributed by atoms with Gasteiger partial charge in [-0.15, -0.1) is 0 Å². The van der Waals surface area contributed by atoms with Crippen molar-refractivity contribution in [2.75, 3.05) is 12.3 Å². The summed E-state index contributed by atoms with van der Waals surface area (Å²) in [7, 11) is -1.76. The number of carbonyl (C=O) groups is 1. The van der Waals surface area contributed by atoms with Crippen molar-refractivity contribution >= 4 is 16.7 Å². The van der Waals surface area contributed by atoms with Gasteiger partial charge in [-0.1, -0.05) is 18.2 Å². The molecule has 1 rings (SSSR count). The molecule has 8 heteroatoms. The Bertz CT molecular complexity index is 476. The number of rotatable bonds is 5. The summed E-state index contributed by atoms with van der Waals surface area (Å²) in [6, 6.07) is 5.58. The zero-order valence-electron chi connectivity index (χ0n) is 9.67. The van der Waals surface area contributed by atoms with Crippen molar-refractivity contribution in [1.82, 2.24) is 5.32 Å². The van der Waals surface area contributed by atoms with E-state index in [-0.39, 0.29) is 11.3 Å². The van der Waals surface area contributed by atoms with Crippen molar-refractivity contribution in [1.29, 1.82) is 0 Å². The van der Waals surface area contributed by atoms with E-state index in [4.69, 9.17) is 0 Å². The van der Waals surface area contributed by atoms with Crippen LogP contribution in [-0.4, -0.2) is 28.6 Å². The average Bonchev–Trinajstić information content (AvgIpc) is 2.29. The Labute approximate surface area is 109 Å². The summed E-state index contributed by atoms with van der Waals surface area (Å²) in [5.41, 5.74) is 0.157. The number of hydrogen-bond donors (Lipinski definition) is 1. The van der Waals surface area contributed by atoms with Crippen molar-refractivity contribution in [2.24, 2.45) is 0 Å². The first-order valence-corrected chi connectivity index (χ1v) is 6.68. The maximum Gasteiger partial charge on any atom is 0.405 e. The second-order valence-electron chi connectivity index (χ2n) is 3.71. The molecule has 19 heavy (non-hydrogen) atoms. The highest BCUT2D eigenvalue weighted by molar-refractivity contribution is 7.84. The van der Waals surface area contributed by atoms with Gasteiger partial charge in [0.2, 0.25) is 5.91 Å². The lowest BCUT2D eigenvalue weighted by atomic mass is 10.2. The summed E-state index contributed by atoms with van der Waals surface area (Å²) in [6.45, 7) is -1.47. The van der Waals surface area contributed by atoms with Crippen LogP contribution in [0.2, 0.25) is 0 Å². The molecule has 0 heterocycles. The van der Waals surface area contributed by atoms with Gasteiger partial charge in [0, 0.05) is 16.4 Å². The summed E-state index contributed by atoms with van der Waals surface area (Å²) in [6.07, 6.45) is -4.51. The van der Waals surface area contributed by atoms with Gasteiger partial charge in [0.15, 0.2) is 0 Å². The molecule has 1 aromatic carbocycles. The predicted molar refractivity (Wildman–Crippen MR) is 62.2 cm³/mol. The van der Waals surface area contributed by atoms with Gasteiger partial charge in [-0.3, -0.25) is 9.00 Å². The molecule has 1 N–H and O–H groups in total. The first-order valence-electron chi connectivity index (χ1n) is 5.20. The van der Waals surface area contributed by atoms with Gasteiger partial charge in [0.25, 0.3) is 0 Å². The summed E-state index contributed by atoms with van der Waals surface area (Å²) in [4.78, 5) is 11.1. The molecule has 0 aliphatic rings. The first-order chi connectivity index (χ1) is 8.78. The minimum Gasteiger partial charge on any atom is -0.346 e. The van der Waals surface area contributed by atoms with Crippen LogP contribution in [0, 0.1) is 5.82 Å². The van der Waals surface area contributed by atoms with Crippen LogP contribution in [0.15, 0.2) is 24.3 Å². The topological polar surface area (TPSA) is 46.2 Å². The van der Waals surface area contributed by atoms with E-state index in [1.807, 2.05) is 0 Å². The maximum absolute atomic E-state index is 13.2. The third kappa shape index (κ3) is 6.32. The van der Waals surface area contributed by atoms with E-state index in [1.165, 1.54) is 18.2 Å². The molecule has 0 fully saturated rings. The van der Waals surface area contributed by atoms with E-state index in [9.17, 15) is 26.6 Å². The van der Waals surface area contributed by atoms with Crippen molar-refractivity contribution in [2.45, 2.75) is 11.9 Å². The van der Waals surface area contributed by atoms with Crippen LogP contribution in [-0.2, 0) is 21.3 Å². The van der Waals surface area contributed by atoms with Crippen molar-refractivity contribution < 1.29 is 26.6 Å². The number of alkyl halides is 3. The van der Waals surface area contributed by atoms with Gasteiger partial charge >= 0.3 is 6.18 Å². The van der Waals surface area contributed by atoms with E-state index < -0.39 is 41.0 Å². The maximum atomic E-state index is 13.2. The molecule has 1 aromatic rings. The molecule has 0 saturated heterocycles. The Morgan fingerprint density at radius 3 is 2.47 bits per heavy atom. The number of hydrogen-bond acceptors (Lipinski definition) is 2. The predicted octanol–water partition coefficient (Wildman–Crippen LogP) is 1.75. The van der Waals surface area contributed by atoms with Crippen LogP contribution in [0.1, 0.15) is 5.56 Å². The highest BCUT2D eigenvalue weighted by Gasteiger charge is 2.27. The Hall–Kier alpha value is -1.44. The average molecular weight is 297 g/mol. The quantitative estimate of drug-likeness (QED) is 0.842. The number of carbonyl (C=O) groups excluding carboxylic acids is 1. The van der Waals surface area contributed by atoms with Gasteiger partial charge in [-0.2, -0.15) is 13.2 Å². The highest BCUT2D eigenvalue weighted by Crippen LogP contribution is 2.12. The Morgan fingerprint density at radius 2 is 1.89 bits per heavy atom. The smallest absolute Gasteiger partial charge is 0.346 e. The van der Waals surface area contributed by atoms with Crippen LogP contribution in [0.25, 0.3) is 0 Å². The van der Waals surface area contributed by atoms with E-state index >= 15 is 0 Å². The molecular formula is C11H11F4NO2S. The van der Waals surface area contributed by atoms with Crippen molar-refractivity contribution in [3.63, 3.8) is 0 Å². The fraction of sp³-hybridized carbons (Fsp3) is 0.364. The Kier molecular flexibility index (Phi) is 5.46. The Balaban J connectivity index is 2.44. The largest absolute Gasteiger partial charge is 0.405 e. The third-order valence-electron chi connectivity index (χ3n) is 2.05. The lowest BCUT2D eigenvalue weighted by molar-refractivity contribution is -0.136. The van der Waals surface area contributed by atoms with Gasteiger partial charge in [0.05, 0.1) is 5.75 Å². The van der Waals surface area contributed by atoms with Gasteiger partial charge in [-0.05, 0) is 6.07 Å². The molecular weight excluding hydrogens is 286 g/mol. The molecule has 1 unspecified atom stereocenters. The zero-order valence-corrected chi connectivity index (χ0v) is 10.5. The van der Waals surface area contributed by atoms with Gasteiger partial charge in [-0.25, -0.2) is 4.39 Å². The lowest BCUT2D eigenvalue weighted by Crippen LogP contribution is -2.36. The zero-order chi connectivity index (χ0) is 14.5. The number of benzene rings is 1. The van der Waals surface area contributed by atoms with Crippen LogP contribution in [0.4, 0.5) is 17.6 Å². The second-order valence-corrected chi connectivity index (χ2v) is 5.17. The summed E-state index contributed by atoms with van der Waals surface area (Å²) in [5.74, 6) is -2.35. The van der Waals surface area contributed by atoms with E-state index in [1.54, 1.807) is 11.4 Å². The molecule has 0 radical (unpaired) electrons. The summed E-state index contributed by atoms with van der Waals surface area (Å²) >= 11 is 0. The molecule has 1 amide bonds. The number of amides is 1. The van der Waals surface area contributed by atoms with Crippen LogP contribution in [0.3, 0.4) is 0 Å². The molecule has 0 saturated carbocycles. The fourth-order valence-electron chi connectivity index (χ4n) is 1.24. The summed E-state index contributed by atoms with van der Waals surface area (Å²) in [5, 5.41) is 1.60.